The lowest BCUT2D eigenvalue weighted by Crippen LogP contribution is -2.22. The van der Waals surface area contributed by atoms with Crippen LogP contribution in [0.2, 0.25) is 0 Å². The molecule has 2 unspecified atom stereocenters. The molecule has 0 amide bonds. The highest BCUT2D eigenvalue weighted by Crippen LogP contribution is 2.58. The van der Waals surface area contributed by atoms with E-state index >= 15 is 0 Å². The molecule has 354 valence electrons. The Morgan fingerprint density at radius 2 is 0.957 bits per heavy atom. The summed E-state index contributed by atoms with van der Waals surface area (Å²) in [4.78, 5) is 7.46. The van der Waals surface area contributed by atoms with E-state index in [0.29, 0.717) is 0 Å². The first-order valence-electron chi connectivity index (χ1n) is 25.0. The Labute approximate surface area is 417 Å². The quantitative estimate of drug-likeness (QED) is 0.151. The molecule has 70 heavy (non-hydrogen) atoms. The van der Waals surface area contributed by atoms with E-state index in [0.717, 1.165) is 51.2 Å². The Morgan fingerprint density at radius 1 is 0.414 bits per heavy atom. The first-order chi connectivity index (χ1) is 33.2. The molecule has 0 spiro atoms. The second-order valence-electron chi connectivity index (χ2n) is 23.6. The molecule has 5 nitrogen and oxygen atoms in total. The van der Waals surface area contributed by atoms with Gasteiger partial charge in [0.1, 0.15) is 17.3 Å². The van der Waals surface area contributed by atoms with Crippen LogP contribution in [0.15, 0.2) is 170 Å². The SMILES string of the molecule is CC(C)(C)c1ccc(-c2cccc(-c3cc(C(C)(C)C)cc(C(C)(C)C)c3)c2Nc2ccccc2Nc2cccc(Oc3ccc4c(c3)C3c5ccccc5C4N3c3cc(C(C)(C)C)ccn3)c2)cc1. The van der Waals surface area contributed by atoms with Crippen LogP contribution in [0.5, 0.6) is 11.5 Å². The summed E-state index contributed by atoms with van der Waals surface area (Å²) in [6, 6.07) is 59.8. The van der Waals surface area contributed by atoms with Gasteiger partial charge in [0.15, 0.2) is 0 Å². The fraction of sp³-hybridized carbons (Fsp3) is 0.277. The molecule has 8 aromatic rings. The topological polar surface area (TPSA) is 49.4 Å². The summed E-state index contributed by atoms with van der Waals surface area (Å²) in [7, 11) is 0. The van der Waals surface area contributed by atoms with Crippen molar-refractivity contribution in [2.24, 2.45) is 0 Å². The van der Waals surface area contributed by atoms with E-state index < -0.39 is 0 Å². The molecular formula is C65H68N4O. The van der Waals surface area contributed by atoms with E-state index in [1.165, 1.54) is 55.6 Å². The molecule has 10 rings (SSSR count). The van der Waals surface area contributed by atoms with Gasteiger partial charge in [-0.1, -0.05) is 192 Å². The Kier molecular flexibility index (Phi) is 11.6. The number of anilines is 5. The highest BCUT2D eigenvalue weighted by molar-refractivity contribution is 5.95. The molecule has 7 aromatic carbocycles. The molecule has 0 saturated carbocycles. The van der Waals surface area contributed by atoms with Gasteiger partial charge in [-0.05, 0) is 126 Å². The number of fused-ring (bicyclic) bond motifs is 8. The van der Waals surface area contributed by atoms with Crippen molar-refractivity contribution in [1.29, 1.82) is 0 Å². The van der Waals surface area contributed by atoms with Crippen molar-refractivity contribution in [2.45, 2.75) is 117 Å². The zero-order valence-electron chi connectivity index (χ0n) is 43.1. The highest BCUT2D eigenvalue weighted by Gasteiger charge is 2.48. The molecule has 2 N–H and O–H groups in total. The largest absolute Gasteiger partial charge is 0.457 e. The second-order valence-corrected chi connectivity index (χ2v) is 23.6. The minimum absolute atomic E-state index is 0.0172. The zero-order chi connectivity index (χ0) is 49.3. The number of nitrogens with one attached hydrogen (secondary N) is 2. The van der Waals surface area contributed by atoms with Crippen LogP contribution in [0.25, 0.3) is 22.3 Å². The van der Waals surface area contributed by atoms with Crippen LogP contribution in [0.4, 0.5) is 28.6 Å². The van der Waals surface area contributed by atoms with Gasteiger partial charge in [0, 0.05) is 29.1 Å². The summed E-state index contributed by atoms with van der Waals surface area (Å²) in [5.41, 5.74) is 19.1. The van der Waals surface area contributed by atoms with E-state index in [9.17, 15) is 0 Å². The molecule has 5 heteroatoms. The smallest absolute Gasteiger partial charge is 0.130 e. The number of benzene rings is 7. The third-order valence-electron chi connectivity index (χ3n) is 14.3. The summed E-state index contributed by atoms with van der Waals surface area (Å²) in [5, 5.41) is 7.79. The Balaban J connectivity index is 0.974. The van der Waals surface area contributed by atoms with Crippen molar-refractivity contribution in [2.75, 3.05) is 15.5 Å². The summed E-state index contributed by atoms with van der Waals surface area (Å²) < 4.78 is 6.74. The normalized spacial score (nSPS) is 15.4. The third-order valence-corrected chi connectivity index (χ3v) is 14.3. The van der Waals surface area contributed by atoms with Crippen LogP contribution in [0.3, 0.4) is 0 Å². The molecule has 0 saturated heterocycles. The van der Waals surface area contributed by atoms with Crippen LogP contribution >= 0.6 is 0 Å². The lowest BCUT2D eigenvalue weighted by Gasteiger charge is -2.27. The lowest BCUT2D eigenvalue weighted by atomic mass is 9.78. The van der Waals surface area contributed by atoms with Crippen LogP contribution in [0, 0.1) is 0 Å². The van der Waals surface area contributed by atoms with Gasteiger partial charge in [0.25, 0.3) is 0 Å². The first kappa shape index (κ1) is 46.6. The number of ether oxygens (including phenoxy) is 1. The summed E-state index contributed by atoms with van der Waals surface area (Å²) >= 11 is 0. The maximum atomic E-state index is 6.74. The monoisotopic (exact) mass is 921 g/mol. The van der Waals surface area contributed by atoms with Crippen molar-refractivity contribution in [3.05, 3.63) is 214 Å². The average Bonchev–Trinajstić information content (AvgIpc) is 3.84. The van der Waals surface area contributed by atoms with Crippen LogP contribution in [-0.4, -0.2) is 4.98 Å². The van der Waals surface area contributed by atoms with E-state index in [2.05, 4.69) is 256 Å². The molecule has 2 aliphatic rings. The first-order valence-corrected chi connectivity index (χ1v) is 25.0. The summed E-state index contributed by atoms with van der Waals surface area (Å²) in [6.07, 6.45) is 1.96. The Hall–Kier alpha value is -7.11. The van der Waals surface area contributed by atoms with Crippen molar-refractivity contribution in [3.8, 4) is 33.8 Å². The van der Waals surface area contributed by atoms with Crippen molar-refractivity contribution in [1.82, 2.24) is 4.98 Å². The van der Waals surface area contributed by atoms with Crippen LogP contribution < -0.4 is 20.3 Å². The molecule has 2 aliphatic heterocycles. The van der Waals surface area contributed by atoms with Gasteiger partial charge in [-0.2, -0.15) is 0 Å². The average molecular weight is 921 g/mol. The molecule has 2 atom stereocenters. The third kappa shape index (κ3) is 8.99. The van der Waals surface area contributed by atoms with E-state index in [1.54, 1.807) is 0 Å². The van der Waals surface area contributed by atoms with E-state index in [1.807, 2.05) is 12.3 Å². The predicted octanol–water partition coefficient (Wildman–Crippen LogP) is 17.9. The fourth-order valence-electron chi connectivity index (χ4n) is 10.2. The number of rotatable bonds is 9. The molecular weight excluding hydrogens is 853 g/mol. The van der Waals surface area contributed by atoms with E-state index in [-0.39, 0.29) is 33.7 Å². The minimum atomic E-state index is -0.0246. The van der Waals surface area contributed by atoms with Crippen molar-refractivity contribution in [3.63, 3.8) is 0 Å². The van der Waals surface area contributed by atoms with E-state index in [4.69, 9.17) is 9.72 Å². The molecule has 1 aromatic heterocycles. The lowest BCUT2D eigenvalue weighted by molar-refractivity contribution is 0.482. The van der Waals surface area contributed by atoms with Crippen molar-refractivity contribution < 1.29 is 4.74 Å². The summed E-state index contributed by atoms with van der Waals surface area (Å²) in [6.45, 7) is 27.4. The van der Waals surface area contributed by atoms with Gasteiger partial charge in [-0.3, -0.25) is 0 Å². The standard InChI is InChI=1S/C65H68N4O/c1-62(2,3)43-29-27-41(28-30-43)50-23-18-24-51(42-35-45(64(7,8)9)37-46(36-42)65(10,11)12)59(50)68-57-26-16-15-25-56(57)67-47-19-17-20-48(39-47)70-49-31-32-54-55(40-49)61-53-22-14-13-21-52(53)60(54)69(61)58-38-44(33-34-66-58)63(4,5)6/h13-40,60-61,67-68H,1-12H3. The molecule has 0 fully saturated rings. The molecule has 0 radical (unpaired) electrons. The number of hydrogen-bond donors (Lipinski definition) is 2. The number of pyridine rings is 1. The molecule has 2 bridgehead atoms. The van der Waals surface area contributed by atoms with Crippen LogP contribution in [-0.2, 0) is 21.7 Å². The number of para-hydroxylation sites is 3. The van der Waals surface area contributed by atoms with Gasteiger partial charge in [0.2, 0.25) is 0 Å². The van der Waals surface area contributed by atoms with Gasteiger partial charge in [0.05, 0.1) is 29.1 Å². The summed E-state index contributed by atoms with van der Waals surface area (Å²) in [5.74, 6) is 2.57. The Bertz CT molecular complexity index is 3210. The number of aromatic nitrogens is 1. The predicted molar refractivity (Wildman–Crippen MR) is 295 cm³/mol. The van der Waals surface area contributed by atoms with Gasteiger partial charge in [-0.15, -0.1) is 0 Å². The number of nitrogens with zero attached hydrogens (tertiary/aromatic N) is 2. The Morgan fingerprint density at radius 3 is 1.59 bits per heavy atom. The maximum absolute atomic E-state index is 6.74. The fourth-order valence-corrected chi connectivity index (χ4v) is 10.2. The minimum Gasteiger partial charge on any atom is -0.457 e. The number of hydrogen-bond acceptors (Lipinski definition) is 5. The molecule has 3 heterocycles. The molecule has 0 aliphatic carbocycles. The highest BCUT2D eigenvalue weighted by atomic mass is 16.5. The zero-order valence-corrected chi connectivity index (χ0v) is 43.1. The van der Waals surface area contributed by atoms with Crippen LogP contribution in [0.1, 0.15) is 140 Å². The second kappa shape index (κ2) is 17.4. The van der Waals surface area contributed by atoms with Crippen molar-refractivity contribution >= 4 is 28.6 Å². The maximum Gasteiger partial charge on any atom is 0.130 e. The van der Waals surface area contributed by atoms with Gasteiger partial charge in [-0.25, -0.2) is 4.98 Å². The van der Waals surface area contributed by atoms with Gasteiger partial charge >= 0.3 is 0 Å². The van der Waals surface area contributed by atoms with Gasteiger partial charge < -0.3 is 20.3 Å².